The normalized spacial score (nSPS) is 14.9. The van der Waals surface area contributed by atoms with Crippen LogP contribution < -0.4 is 14.2 Å². The quantitative estimate of drug-likeness (QED) is 0.412. The highest BCUT2D eigenvalue weighted by Gasteiger charge is 2.43. The lowest BCUT2D eigenvalue weighted by atomic mass is 9.93. The molecule has 1 atom stereocenters. The maximum atomic E-state index is 13.6. The number of H-pyrrole nitrogens is 1. The molecule has 3 aromatic rings. The molecule has 2 N–H and O–H groups in total. The van der Waals surface area contributed by atoms with Crippen molar-refractivity contribution in [3.8, 4) is 34.3 Å². The molecular formula is C27H33N3O5. The summed E-state index contributed by atoms with van der Waals surface area (Å²) in [6.45, 7) is 6.56. The van der Waals surface area contributed by atoms with E-state index in [9.17, 15) is 9.90 Å². The molecular weight excluding hydrogens is 446 g/mol. The Balaban J connectivity index is 1.94. The van der Waals surface area contributed by atoms with Crippen LogP contribution >= 0.6 is 0 Å². The van der Waals surface area contributed by atoms with E-state index in [2.05, 4.69) is 17.1 Å². The Morgan fingerprint density at radius 2 is 1.71 bits per heavy atom. The van der Waals surface area contributed by atoms with Gasteiger partial charge in [-0.15, -0.1) is 0 Å². The van der Waals surface area contributed by atoms with Gasteiger partial charge in [-0.2, -0.15) is 5.10 Å². The van der Waals surface area contributed by atoms with Crippen molar-refractivity contribution in [2.45, 2.75) is 46.1 Å². The van der Waals surface area contributed by atoms with Crippen LogP contribution in [-0.4, -0.2) is 54.0 Å². The van der Waals surface area contributed by atoms with E-state index in [4.69, 9.17) is 14.2 Å². The van der Waals surface area contributed by atoms with Crippen molar-refractivity contribution >= 4 is 5.91 Å². The first-order valence-corrected chi connectivity index (χ1v) is 11.9. The smallest absolute Gasteiger partial charge is 0.273 e. The average molecular weight is 480 g/mol. The zero-order valence-electron chi connectivity index (χ0n) is 21.2. The highest BCUT2D eigenvalue weighted by atomic mass is 16.5. The van der Waals surface area contributed by atoms with Crippen LogP contribution in [0.4, 0.5) is 0 Å². The molecule has 0 aliphatic carbocycles. The van der Waals surface area contributed by atoms with E-state index in [1.54, 1.807) is 21.3 Å². The third-order valence-corrected chi connectivity index (χ3v) is 6.57. The van der Waals surface area contributed by atoms with Gasteiger partial charge in [0.1, 0.15) is 17.1 Å². The fourth-order valence-corrected chi connectivity index (χ4v) is 4.91. The first-order chi connectivity index (χ1) is 16.9. The summed E-state index contributed by atoms with van der Waals surface area (Å²) in [5, 5.41) is 18.4. The zero-order valence-corrected chi connectivity index (χ0v) is 21.2. The van der Waals surface area contributed by atoms with Gasteiger partial charge in [0.25, 0.3) is 5.91 Å². The largest absolute Gasteiger partial charge is 0.507 e. The van der Waals surface area contributed by atoms with Crippen LogP contribution in [-0.2, 0) is 0 Å². The fraction of sp³-hybridized carbons (Fsp3) is 0.407. The van der Waals surface area contributed by atoms with Gasteiger partial charge >= 0.3 is 0 Å². The van der Waals surface area contributed by atoms with Gasteiger partial charge in [-0.05, 0) is 55.2 Å². The van der Waals surface area contributed by atoms with E-state index < -0.39 is 6.04 Å². The molecule has 1 aliphatic rings. The molecule has 8 heteroatoms. The maximum Gasteiger partial charge on any atom is 0.273 e. The third kappa shape index (κ3) is 4.17. The maximum absolute atomic E-state index is 13.6. The van der Waals surface area contributed by atoms with Gasteiger partial charge in [-0.1, -0.05) is 25.8 Å². The van der Waals surface area contributed by atoms with Crippen LogP contribution in [0.3, 0.4) is 0 Å². The number of hydrogen-bond acceptors (Lipinski definition) is 6. The van der Waals surface area contributed by atoms with Crippen molar-refractivity contribution in [2.75, 3.05) is 27.9 Å². The predicted molar refractivity (Wildman–Crippen MR) is 134 cm³/mol. The minimum Gasteiger partial charge on any atom is -0.507 e. The summed E-state index contributed by atoms with van der Waals surface area (Å²) >= 11 is 0. The van der Waals surface area contributed by atoms with Crippen molar-refractivity contribution in [3.05, 3.63) is 52.2 Å². The van der Waals surface area contributed by atoms with E-state index in [0.717, 1.165) is 41.5 Å². The van der Waals surface area contributed by atoms with Crippen LogP contribution in [0.2, 0.25) is 0 Å². The number of benzene rings is 2. The van der Waals surface area contributed by atoms with Crippen LogP contribution in [0.15, 0.2) is 24.3 Å². The molecule has 0 spiro atoms. The van der Waals surface area contributed by atoms with Gasteiger partial charge < -0.3 is 24.2 Å². The topological polar surface area (TPSA) is 96.9 Å². The zero-order chi connectivity index (χ0) is 25.3. The number of ether oxygens (including phenoxy) is 3. The van der Waals surface area contributed by atoms with Gasteiger partial charge in [0.15, 0.2) is 11.5 Å². The molecule has 0 fully saturated rings. The molecule has 8 nitrogen and oxygen atoms in total. The summed E-state index contributed by atoms with van der Waals surface area (Å²) in [7, 11) is 4.70. The van der Waals surface area contributed by atoms with Crippen LogP contribution in [0.25, 0.3) is 11.3 Å². The second-order valence-corrected chi connectivity index (χ2v) is 8.91. The highest BCUT2D eigenvalue weighted by Crippen LogP contribution is 2.48. The van der Waals surface area contributed by atoms with E-state index in [-0.39, 0.29) is 11.7 Å². The van der Waals surface area contributed by atoms with E-state index >= 15 is 0 Å². The molecule has 1 amide bonds. The van der Waals surface area contributed by atoms with E-state index in [1.807, 2.05) is 43.0 Å². The second kappa shape index (κ2) is 9.90. The number of rotatable bonds is 9. The molecule has 2 heterocycles. The Morgan fingerprint density at radius 1 is 1.03 bits per heavy atom. The Bertz CT molecular complexity index is 1220. The third-order valence-electron chi connectivity index (χ3n) is 6.57. The van der Waals surface area contributed by atoms with Crippen molar-refractivity contribution in [1.29, 1.82) is 0 Å². The Labute approximate surface area is 205 Å². The molecule has 2 aromatic carbocycles. The first-order valence-electron chi connectivity index (χ1n) is 11.9. The number of aryl methyl sites for hydroxylation is 2. The summed E-state index contributed by atoms with van der Waals surface area (Å²) in [6.07, 6.45) is 2.94. The fourth-order valence-electron chi connectivity index (χ4n) is 4.91. The van der Waals surface area contributed by atoms with Crippen molar-refractivity contribution in [2.24, 2.45) is 0 Å². The molecule has 0 saturated heterocycles. The number of aromatic amines is 1. The number of nitrogens with one attached hydrogen (secondary N) is 1. The van der Waals surface area contributed by atoms with E-state index in [1.165, 1.54) is 0 Å². The SMILES string of the molecule is CCCCCN1C(=O)c2[nH]nc(-c3cc(C)cc(C)c3O)c2C1c1cc(OC)c(OC)c(OC)c1. The molecule has 1 unspecified atom stereocenters. The number of aromatic hydroxyl groups is 1. The summed E-state index contributed by atoms with van der Waals surface area (Å²) in [6, 6.07) is 7.13. The Morgan fingerprint density at radius 3 is 2.31 bits per heavy atom. The number of phenolic OH excluding ortho intramolecular Hbond substituents is 1. The number of carbonyl (C=O) groups is 1. The lowest BCUT2D eigenvalue weighted by Gasteiger charge is -2.27. The predicted octanol–water partition coefficient (Wildman–Crippen LogP) is 5.16. The molecule has 186 valence electrons. The standard InChI is InChI=1S/C27H33N3O5/c1-7-8-9-10-30-24(17-13-19(33-4)26(35-6)20(14-17)34-5)21-22(28-29-23(21)27(30)32)18-12-15(2)11-16(3)25(18)31/h11-14,24,31H,7-10H2,1-6H3,(H,28,29). The number of amides is 1. The van der Waals surface area contributed by atoms with Gasteiger partial charge in [0.05, 0.1) is 27.4 Å². The minimum absolute atomic E-state index is 0.113. The molecule has 0 saturated carbocycles. The monoisotopic (exact) mass is 479 g/mol. The number of fused-ring (bicyclic) bond motifs is 1. The van der Waals surface area contributed by atoms with Crippen LogP contribution in [0, 0.1) is 13.8 Å². The van der Waals surface area contributed by atoms with Crippen LogP contribution in [0.1, 0.15) is 65.0 Å². The number of nitrogens with zero attached hydrogens (tertiary/aromatic N) is 2. The van der Waals surface area contributed by atoms with Gasteiger partial charge in [-0.3, -0.25) is 9.89 Å². The lowest BCUT2D eigenvalue weighted by molar-refractivity contribution is 0.0740. The number of methoxy groups -OCH3 is 3. The minimum atomic E-state index is -0.433. The molecule has 1 aliphatic heterocycles. The highest BCUT2D eigenvalue weighted by molar-refractivity contribution is 6.00. The number of hydrogen-bond donors (Lipinski definition) is 2. The van der Waals surface area contributed by atoms with E-state index in [0.29, 0.717) is 40.7 Å². The van der Waals surface area contributed by atoms with Gasteiger partial charge in [-0.25, -0.2) is 0 Å². The first kappa shape index (κ1) is 24.4. The molecule has 0 radical (unpaired) electrons. The number of unbranched alkanes of at least 4 members (excludes halogenated alkanes) is 2. The summed E-state index contributed by atoms with van der Waals surface area (Å²) in [4.78, 5) is 15.4. The van der Waals surface area contributed by atoms with Crippen molar-refractivity contribution in [3.63, 3.8) is 0 Å². The Hall–Kier alpha value is -3.68. The number of aromatic nitrogens is 2. The molecule has 1 aromatic heterocycles. The Kier molecular flexibility index (Phi) is 6.91. The summed E-state index contributed by atoms with van der Waals surface area (Å²) in [5.41, 5.74) is 4.91. The molecule has 0 bridgehead atoms. The average Bonchev–Trinajstić information content (AvgIpc) is 3.39. The summed E-state index contributed by atoms with van der Waals surface area (Å²) in [5.74, 6) is 1.55. The number of carbonyl (C=O) groups excluding carboxylic acids is 1. The van der Waals surface area contributed by atoms with Crippen LogP contribution in [0.5, 0.6) is 23.0 Å². The van der Waals surface area contributed by atoms with Gasteiger partial charge in [0, 0.05) is 17.7 Å². The summed E-state index contributed by atoms with van der Waals surface area (Å²) < 4.78 is 16.7. The van der Waals surface area contributed by atoms with Crippen molar-refractivity contribution in [1.82, 2.24) is 15.1 Å². The lowest BCUT2D eigenvalue weighted by Crippen LogP contribution is -2.30. The molecule has 35 heavy (non-hydrogen) atoms. The molecule has 4 rings (SSSR count). The number of phenols is 1. The van der Waals surface area contributed by atoms with Crippen molar-refractivity contribution < 1.29 is 24.1 Å². The van der Waals surface area contributed by atoms with Gasteiger partial charge in [0.2, 0.25) is 5.75 Å². The second-order valence-electron chi connectivity index (χ2n) is 8.91.